The van der Waals surface area contributed by atoms with Gasteiger partial charge in [-0.25, -0.2) is 14.2 Å². The Morgan fingerprint density at radius 1 is 1.16 bits per heavy atom. The standard InChI is InChI=1S/C32H44FN7O3/c1-9-38(7)32(42)40(10-2)39(20-27-28(33)12-11-13-29(27)43-8)19-23(5)35-31(41)21(3)14-15-26-24(6)36-37-30(26)25-16-17-34-22(4)18-25/h11-14,16-18,23H,9-10,15,19-20H2,1-8H3,(H,35,41)(H,36,37). The van der Waals surface area contributed by atoms with Gasteiger partial charge >= 0.3 is 6.03 Å². The van der Waals surface area contributed by atoms with Crippen LogP contribution in [0.15, 0.2) is 48.2 Å². The van der Waals surface area contributed by atoms with Crippen LogP contribution in [0.4, 0.5) is 9.18 Å². The number of hydrogen-bond donors (Lipinski definition) is 2. The maximum Gasteiger partial charge on any atom is 0.334 e. The van der Waals surface area contributed by atoms with E-state index in [0.29, 0.717) is 36.4 Å². The first kappa shape index (κ1) is 33.3. The Bertz CT molecular complexity index is 1440. The van der Waals surface area contributed by atoms with Gasteiger partial charge in [0.2, 0.25) is 5.91 Å². The number of aromatic amines is 1. The largest absolute Gasteiger partial charge is 0.496 e. The molecular weight excluding hydrogens is 549 g/mol. The number of hydrazine groups is 1. The number of pyridine rings is 1. The number of urea groups is 1. The van der Waals surface area contributed by atoms with Crippen molar-refractivity contribution in [3.05, 3.63) is 76.5 Å². The van der Waals surface area contributed by atoms with Crippen LogP contribution in [-0.4, -0.2) is 81.9 Å². The van der Waals surface area contributed by atoms with E-state index in [1.54, 1.807) is 47.2 Å². The molecule has 0 aliphatic rings. The van der Waals surface area contributed by atoms with Gasteiger partial charge in [-0.3, -0.25) is 19.9 Å². The lowest BCUT2D eigenvalue weighted by atomic mass is 10.0. The van der Waals surface area contributed by atoms with Crippen molar-refractivity contribution in [2.75, 3.05) is 33.8 Å². The number of carbonyl (C=O) groups is 2. The summed E-state index contributed by atoms with van der Waals surface area (Å²) in [4.78, 5) is 32.3. The Hall–Kier alpha value is -4.25. The van der Waals surface area contributed by atoms with E-state index in [1.165, 1.54) is 13.2 Å². The first-order valence-corrected chi connectivity index (χ1v) is 14.5. The minimum Gasteiger partial charge on any atom is -0.496 e. The number of aromatic nitrogens is 3. The molecule has 2 heterocycles. The van der Waals surface area contributed by atoms with Gasteiger partial charge < -0.3 is 15.0 Å². The molecular formula is C32H44FN7O3. The molecule has 0 saturated heterocycles. The molecule has 3 aromatic rings. The van der Waals surface area contributed by atoms with Crippen molar-refractivity contribution in [3.8, 4) is 17.0 Å². The number of aryl methyl sites for hydroxylation is 2. The van der Waals surface area contributed by atoms with Gasteiger partial charge in [-0.05, 0) is 72.2 Å². The number of ether oxygens (including phenoxy) is 1. The molecule has 43 heavy (non-hydrogen) atoms. The van der Waals surface area contributed by atoms with E-state index in [4.69, 9.17) is 4.74 Å². The average molecular weight is 594 g/mol. The van der Waals surface area contributed by atoms with E-state index in [0.717, 1.165) is 28.2 Å². The van der Waals surface area contributed by atoms with Crippen LogP contribution in [0.25, 0.3) is 11.3 Å². The molecule has 0 bridgehead atoms. The van der Waals surface area contributed by atoms with Crippen LogP contribution in [-0.2, 0) is 17.8 Å². The second-order valence-electron chi connectivity index (χ2n) is 10.6. The monoisotopic (exact) mass is 593 g/mol. The van der Waals surface area contributed by atoms with Gasteiger partial charge in [0.05, 0.1) is 12.8 Å². The lowest BCUT2D eigenvalue weighted by Crippen LogP contribution is -2.54. The predicted molar refractivity (Wildman–Crippen MR) is 166 cm³/mol. The van der Waals surface area contributed by atoms with Crippen molar-refractivity contribution in [3.63, 3.8) is 0 Å². The summed E-state index contributed by atoms with van der Waals surface area (Å²) in [5.74, 6) is -0.259. The van der Waals surface area contributed by atoms with Gasteiger partial charge in [-0.1, -0.05) is 12.1 Å². The number of carbonyl (C=O) groups excluding carboxylic acids is 2. The van der Waals surface area contributed by atoms with Gasteiger partial charge in [0, 0.05) is 79.1 Å². The molecule has 3 amide bonds. The Balaban J connectivity index is 1.78. The van der Waals surface area contributed by atoms with Crippen LogP contribution < -0.4 is 10.1 Å². The maximum atomic E-state index is 14.9. The molecule has 0 radical (unpaired) electrons. The fraction of sp³-hybridized carbons (Fsp3) is 0.438. The summed E-state index contributed by atoms with van der Waals surface area (Å²) in [6.45, 7) is 12.5. The van der Waals surface area contributed by atoms with Gasteiger partial charge in [-0.2, -0.15) is 5.10 Å². The quantitative estimate of drug-likeness (QED) is 0.213. The number of halogens is 1. The Morgan fingerprint density at radius 2 is 1.91 bits per heavy atom. The molecule has 1 unspecified atom stereocenters. The lowest BCUT2D eigenvalue weighted by molar-refractivity contribution is -0.118. The van der Waals surface area contributed by atoms with E-state index < -0.39 is 5.82 Å². The molecule has 1 atom stereocenters. The fourth-order valence-corrected chi connectivity index (χ4v) is 4.78. The number of hydrogen-bond acceptors (Lipinski definition) is 6. The van der Waals surface area contributed by atoms with Crippen molar-refractivity contribution in [2.45, 2.75) is 60.5 Å². The highest BCUT2D eigenvalue weighted by atomic mass is 19.1. The summed E-state index contributed by atoms with van der Waals surface area (Å²) >= 11 is 0. The molecule has 0 fully saturated rings. The third kappa shape index (κ3) is 8.41. The zero-order valence-electron chi connectivity index (χ0n) is 26.5. The average Bonchev–Trinajstić information content (AvgIpc) is 3.36. The summed E-state index contributed by atoms with van der Waals surface area (Å²) in [6, 6.07) is 7.96. The minimum absolute atomic E-state index is 0.0824. The first-order valence-electron chi connectivity index (χ1n) is 14.5. The second kappa shape index (κ2) is 15.3. The smallest absolute Gasteiger partial charge is 0.334 e. The lowest BCUT2D eigenvalue weighted by Gasteiger charge is -2.38. The van der Waals surface area contributed by atoms with E-state index >= 15 is 0 Å². The molecule has 0 aliphatic carbocycles. The number of rotatable bonds is 13. The third-order valence-electron chi connectivity index (χ3n) is 7.38. The molecule has 232 valence electrons. The maximum absolute atomic E-state index is 14.9. The number of H-pyrrole nitrogens is 1. The van der Waals surface area contributed by atoms with Crippen LogP contribution in [0.3, 0.4) is 0 Å². The van der Waals surface area contributed by atoms with Crippen LogP contribution in [0.2, 0.25) is 0 Å². The zero-order valence-corrected chi connectivity index (χ0v) is 26.5. The van der Waals surface area contributed by atoms with Gasteiger partial charge in [0.25, 0.3) is 0 Å². The fourth-order valence-electron chi connectivity index (χ4n) is 4.78. The third-order valence-corrected chi connectivity index (χ3v) is 7.38. The normalized spacial score (nSPS) is 12.3. The van der Waals surface area contributed by atoms with Crippen molar-refractivity contribution in [1.29, 1.82) is 0 Å². The summed E-state index contributed by atoms with van der Waals surface area (Å²) in [7, 11) is 3.20. The molecule has 0 aliphatic heterocycles. The van der Waals surface area contributed by atoms with Crippen molar-refractivity contribution in [1.82, 2.24) is 35.4 Å². The Kier molecular flexibility index (Phi) is 11.8. The number of methoxy groups -OCH3 is 1. The highest BCUT2D eigenvalue weighted by molar-refractivity contribution is 5.93. The number of nitrogens with one attached hydrogen (secondary N) is 2. The summed E-state index contributed by atoms with van der Waals surface area (Å²) < 4.78 is 20.3. The first-order chi connectivity index (χ1) is 20.5. The van der Waals surface area contributed by atoms with Crippen LogP contribution in [0, 0.1) is 19.7 Å². The van der Waals surface area contributed by atoms with E-state index in [2.05, 4.69) is 20.5 Å². The summed E-state index contributed by atoms with van der Waals surface area (Å²) in [5.41, 5.74) is 5.53. The molecule has 10 nitrogen and oxygen atoms in total. The number of amides is 3. The zero-order chi connectivity index (χ0) is 31.7. The van der Waals surface area contributed by atoms with Gasteiger partial charge in [0.1, 0.15) is 11.6 Å². The number of nitrogens with zero attached hydrogens (tertiary/aromatic N) is 5. The minimum atomic E-state index is -0.428. The van der Waals surface area contributed by atoms with E-state index in [9.17, 15) is 14.0 Å². The Morgan fingerprint density at radius 3 is 2.56 bits per heavy atom. The highest BCUT2D eigenvalue weighted by Gasteiger charge is 2.27. The van der Waals surface area contributed by atoms with Crippen LogP contribution in [0.1, 0.15) is 50.2 Å². The molecule has 0 saturated carbocycles. The van der Waals surface area contributed by atoms with Crippen LogP contribution >= 0.6 is 0 Å². The van der Waals surface area contributed by atoms with Gasteiger partial charge in [0.15, 0.2) is 0 Å². The van der Waals surface area contributed by atoms with E-state index in [1.807, 2.05) is 52.8 Å². The number of benzene rings is 1. The topological polar surface area (TPSA) is 107 Å². The number of allylic oxidation sites excluding steroid dienone is 1. The van der Waals surface area contributed by atoms with Gasteiger partial charge in [-0.15, -0.1) is 0 Å². The highest BCUT2D eigenvalue weighted by Crippen LogP contribution is 2.26. The molecule has 2 N–H and O–H groups in total. The molecule has 2 aromatic heterocycles. The Labute approximate surface area is 253 Å². The predicted octanol–water partition coefficient (Wildman–Crippen LogP) is 5.04. The summed E-state index contributed by atoms with van der Waals surface area (Å²) in [6.07, 6.45) is 4.16. The van der Waals surface area contributed by atoms with Crippen molar-refractivity contribution >= 4 is 11.9 Å². The molecule has 1 aromatic carbocycles. The summed E-state index contributed by atoms with van der Waals surface area (Å²) in [5, 5.41) is 13.9. The van der Waals surface area contributed by atoms with Crippen molar-refractivity contribution < 1.29 is 18.7 Å². The molecule has 11 heteroatoms. The molecule has 3 rings (SSSR count). The van der Waals surface area contributed by atoms with E-state index in [-0.39, 0.29) is 31.1 Å². The second-order valence-corrected chi connectivity index (χ2v) is 10.6. The SMILES string of the molecule is CCN(C)C(=O)N(CC)N(Cc1c(F)cccc1OC)CC(C)NC(=O)C(C)=CCc1c(-c2ccnc(C)c2)n[nH]c1C. The van der Waals surface area contributed by atoms with Crippen molar-refractivity contribution in [2.24, 2.45) is 0 Å². The van der Waals surface area contributed by atoms with Crippen LogP contribution in [0.5, 0.6) is 5.75 Å². The molecule has 0 spiro atoms.